The van der Waals surface area contributed by atoms with Gasteiger partial charge in [-0.05, 0) is 40.9 Å². The summed E-state index contributed by atoms with van der Waals surface area (Å²) in [5.41, 5.74) is 4.25. The topological polar surface area (TPSA) is 50.9 Å². The van der Waals surface area contributed by atoms with Crippen molar-refractivity contribution in [1.29, 1.82) is 0 Å². The summed E-state index contributed by atoms with van der Waals surface area (Å²) in [5, 5.41) is 0.0758. The van der Waals surface area contributed by atoms with E-state index in [1.165, 1.54) is 0 Å². The molecule has 0 saturated carbocycles. The number of nitrogens with two attached hydrogens (primary N) is 1. The zero-order valence-electron chi connectivity index (χ0n) is 9.94. The molecule has 1 aromatic heterocycles. The molecule has 0 bridgehead atoms. The molecular weight excluding hydrogens is 304 g/mol. The number of benzene rings is 1. The van der Waals surface area contributed by atoms with Crippen molar-refractivity contribution in [1.82, 2.24) is 4.98 Å². The second-order valence-electron chi connectivity index (χ2n) is 3.93. The van der Waals surface area contributed by atoms with Crippen LogP contribution >= 0.6 is 15.9 Å². The van der Waals surface area contributed by atoms with Crippen molar-refractivity contribution in [3.8, 4) is 0 Å². The standard InChI is InChI=1S/C12H12BrF2N3/c1-3-6-5(2)17-12-8(14)4-7(13)10(15)9(12)11(6)18-16/h4H,3,16H2,1-2H3,(H,17,18). The molecule has 6 heteroatoms. The Bertz CT molecular complexity index is 629. The molecule has 0 unspecified atom stereocenters. The molecule has 1 heterocycles. The number of aromatic nitrogens is 1. The lowest BCUT2D eigenvalue weighted by Gasteiger charge is -2.15. The quantitative estimate of drug-likeness (QED) is 0.507. The Hall–Kier alpha value is -1.27. The highest BCUT2D eigenvalue weighted by Crippen LogP contribution is 2.34. The van der Waals surface area contributed by atoms with E-state index < -0.39 is 11.6 Å². The van der Waals surface area contributed by atoms with Crippen molar-refractivity contribution in [3.63, 3.8) is 0 Å². The third kappa shape index (κ3) is 1.85. The van der Waals surface area contributed by atoms with Crippen molar-refractivity contribution in [2.45, 2.75) is 20.3 Å². The molecule has 0 aliphatic heterocycles. The van der Waals surface area contributed by atoms with Gasteiger partial charge in [0.15, 0.2) is 5.82 Å². The van der Waals surface area contributed by atoms with Gasteiger partial charge in [0.1, 0.15) is 11.3 Å². The third-order valence-electron chi connectivity index (χ3n) is 2.91. The maximum absolute atomic E-state index is 14.1. The summed E-state index contributed by atoms with van der Waals surface area (Å²) in [5.74, 6) is 4.30. The van der Waals surface area contributed by atoms with Gasteiger partial charge in [0.2, 0.25) is 0 Å². The molecular formula is C12H12BrF2N3. The number of anilines is 1. The number of nitrogens with zero attached hydrogens (tertiary/aromatic N) is 1. The number of fused-ring (bicyclic) bond motifs is 1. The number of hydrazine groups is 1. The van der Waals surface area contributed by atoms with E-state index in [1.54, 1.807) is 6.92 Å². The highest BCUT2D eigenvalue weighted by molar-refractivity contribution is 9.10. The van der Waals surface area contributed by atoms with E-state index in [0.717, 1.165) is 11.6 Å². The first-order chi connectivity index (χ1) is 8.51. The van der Waals surface area contributed by atoms with Crippen molar-refractivity contribution in [2.75, 3.05) is 5.43 Å². The Balaban J connectivity index is 3.03. The maximum Gasteiger partial charge on any atom is 0.150 e. The van der Waals surface area contributed by atoms with Crippen LogP contribution in [-0.4, -0.2) is 4.98 Å². The van der Waals surface area contributed by atoms with Crippen molar-refractivity contribution < 1.29 is 8.78 Å². The van der Waals surface area contributed by atoms with Crippen molar-refractivity contribution >= 4 is 32.5 Å². The van der Waals surface area contributed by atoms with Crippen LogP contribution < -0.4 is 11.3 Å². The Kier molecular flexibility index (Phi) is 3.49. The van der Waals surface area contributed by atoms with Crippen LogP contribution in [0.5, 0.6) is 0 Å². The molecule has 3 N–H and O–H groups in total. The van der Waals surface area contributed by atoms with E-state index in [9.17, 15) is 8.78 Å². The van der Waals surface area contributed by atoms with Crippen molar-refractivity contribution in [3.05, 3.63) is 33.4 Å². The predicted octanol–water partition coefficient (Wildman–Crippen LogP) is 3.43. The molecule has 18 heavy (non-hydrogen) atoms. The minimum absolute atomic E-state index is 0.0154. The number of hydrogen-bond acceptors (Lipinski definition) is 3. The lowest BCUT2D eigenvalue weighted by molar-refractivity contribution is 0.609. The summed E-state index contributed by atoms with van der Waals surface area (Å²) < 4.78 is 28.0. The Morgan fingerprint density at radius 2 is 2.11 bits per heavy atom. The van der Waals surface area contributed by atoms with Gasteiger partial charge in [-0.25, -0.2) is 13.8 Å². The van der Waals surface area contributed by atoms with Gasteiger partial charge in [-0.15, -0.1) is 0 Å². The van der Waals surface area contributed by atoms with Gasteiger partial charge in [0, 0.05) is 5.69 Å². The molecule has 0 radical (unpaired) electrons. The van der Waals surface area contributed by atoms with Crippen LogP contribution in [0.1, 0.15) is 18.2 Å². The fraction of sp³-hybridized carbons (Fsp3) is 0.250. The van der Waals surface area contributed by atoms with Gasteiger partial charge in [-0.1, -0.05) is 6.92 Å². The molecule has 3 nitrogen and oxygen atoms in total. The Morgan fingerprint density at radius 3 is 2.67 bits per heavy atom. The first-order valence-corrected chi connectivity index (χ1v) is 6.23. The molecule has 0 saturated heterocycles. The number of rotatable bonds is 2. The largest absolute Gasteiger partial charge is 0.323 e. The van der Waals surface area contributed by atoms with Gasteiger partial charge in [0.25, 0.3) is 0 Å². The molecule has 0 spiro atoms. The van der Waals surface area contributed by atoms with Gasteiger partial charge in [0.05, 0.1) is 15.5 Å². The normalized spacial score (nSPS) is 11.0. The summed E-state index contributed by atoms with van der Waals surface area (Å²) in [7, 11) is 0. The zero-order valence-corrected chi connectivity index (χ0v) is 11.5. The van der Waals surface area contributed by atoms with Crippen LogP contribution in [0.3, 0.4) is 0 Å². The molecule has 96 valence electrons. The first-order valence-electron chi connectivity index (χ1n) is 5.44. The number of pyridine rings is 1. The molecule has 2 rings (SSSR count). The van der Waals surface area contributed by atoms with Gasteiger partial charge in [-0.2, -0.15) is 0 Å². The minimum Gasteiger partial charge on any atom is -0.323 e. The summed E-state index contributed by atoms with van der Waals surface area (Å²) in [6, 6.07) is 1.07. The Morgan fingerprint density at radius 1 is 1.44 bits per heavy atom. The fourth-order valence-electron chi connectivity index (χ4n) is 2.08. The molecule has 1 aromatic carbocycles. The maximum atomic E-state index is 14.1. The summed E-state index contributed by atoms with van der Waals surface area (Å²) in [4.78, 5) is 4.13. The van der Waals surface area contributed by atoms with Gasteiger partial charge >= 0.3 is 0 Å². The van der Waals surface area contributed by atoms with Crippen LogP contribution in [0, 0.1) is 18.6 Å². The first kappa shape index (κ1) is 13.2. The second kappa shape index (κ2) is 4.78. The van der Waals surface area contributed by atoms with E-state index in [4.69, 9.17) is 5.84 Å². The predicted molar refractivity (Wildman–Crippen MR) is 71.3 cm³/mol. The second-order valence-corrected chi connectivity index (χ2v) is 4.78. The van der Waals surface area contributed by atoms with E-state index >= 15 is 0 Å². The SMILES string of the molecule is CCc1c(C)nc2c(F)cc(Br)c(F)c2c1NN. The minimum atomic E-state index is -0.583. The van der Waals surface area contributed by atoms with Gasteiger partial charge < -0.3 is 5.43 Å². The molecule has 0 atom stereocenters. The number of aryl methyl sites for hydroxylation is 1. The summed E-state index contributed by atoms with van der Waals surface area (Å²) in [6.45, 7) is 3.65. The fourth-order valence-corrected chi connectivity index (χ4v) is 2.48. The average molecular weight is 316 g/mol. The van der Waals surface area contributed by atoms with E-state index in [2.05, 4.69) is 26.3 Å². The molecule has 0 aliphatic carbocycles. The third-order valence-corrected chi connectivity index (χ3v) is 3.49. The van der Waals surface area contributed by atoms with Crippen LogP contribution in [0.2, 0.25) is 0 Å². The zero-order chi connectivity index (χ0) is 13.4. The monoisotopic (exact) mass is 315 g/mol. The number of halogens is 3. The van der Waals surface area contributed by atoms with Crippen LogP contribution in [0.15, 0.2) is 10.5 Å². The number of nitrogen functional groups attached to an aromatic ring is 1. The van der Waals surface area contributed by atoms with Crippen LogP contribution in [0.25, 0.3) is 10.9 Å². The smallest absolute Gasteiger partial charge is 0.150 e. The average Bonchev–Trinajstić information content (AvgIpc) is 2.34. The number of hydrogen-bond donors (Lipinski definition) is 2. The molecule has 0 aliphatic rings. The summed E-state index contributed by atoms with van der Waals surface area (Å²) in [6.07, 6.45) is 0.627. The number of nitrogens with one attached hydrogen (secondary N) is 1. The lowest BCUT2D eigenvalue weighted by Crippen LogP contribution is -2.12. The van der Waals surface area contributed by atoms with Crippen LogP contribution in [-0.2, 0) is 6.42 Å². The lowest BCUT2D eigenvalue weighted by atomic mass is 10.0. The molecule has 0 amide bonds. The Labute approximate surface area is 111 Å². The van der Waals surface area contributed by atoms with E-state index in [0.29, 0.717) is 17.8 Å². The summed E-state index contributed by atoms with van der Waals surface area (Å²) >= 11 is 2.98. The van der Waals surface area contributed by atoms with E-state index in [1.807, 2.05) is 6.92 Å². The van der Waals surface area contributed by atoms with Crippen LogP contribution in [0.4, 0.5) is 14.5 Å². The molecule has 0 fully saturated rings. The molecule has 2 aromatic rings. The van der Waals surface area contributed by atoms with Crippen molar-refractivity contribution in [2.24, 2.45) is 5.84 Å². The van der Waals surface area contributed by atoms with Gasteiger partial charge in [-0.3, -0.25) is 5.84 Å². The van der Waals surface area contributed by atoms with E-state index in [-0.39, 0.29) is 15.4 Å². The highest BCUT2D eigenvalue weighted by Gasteiger charge is 2.19. The highest BCUT2D eigenvalue weighted by atomic mass is 79.9.